The predicted octanol–water partition coefficient (Wildman–Crippen LogP) is 4.79. The number of amides is 1. The molecule has 1 unspecified atom stereocenters. The van der Waals surface area contributed by atoms with Crippen LogP contribution in [0.1, 0.15) is 52.9 Å². The fourth-order valence-electron chi connectivity index (χ4n) is 3.74. The topological polar surface area (TPSA) is 59.8 Å². The van der Waals surface area contributed by atoms with Crippen molar-refractivity contribution in [2.45, 2.75) is 46.6 Å². The summed E-state index contributed by atoms with van der Waals surface area (Å²) in [7, 11) is 0. The average molecular weight is 395 g/mol. The molecule has 0 aliphatic heterocycles. The van der Waals surface area contributed by atoms with Gasteiger partial charge in [0, 0.05) is 29.5 Å². The third kappa shape index (κ3) is 4.17. The smallest absolute Gasteiger partial charge is 0.266 e. The Morgan fingerprint density at radius 3 is 2.82 bits per heavy atom. The third-order valence-electron chi connectivity index (χ3n) is 5.51. The lowest BCUT2D eigenvalue weighted by Gasteiger charge is -2.33. The van der Waals surface area contributed by atoms with E-state index in [1.165, 1.54) is 16.9 Å². The minimum Gasteiger partial charge on any atom is -0.304 e. The maximum Gasteiger partial charge on any atom is 0.266 e. The molecular formula is C22H26N4OS. The molecule has 1 amide bonds. The van der Waals surface area contributed by atoms with Crippen molar-refractivity contribution in [2.24, 2.45) is 11.3 Å². The van der Waals surface area contributed by atoms with Crippen molar-refractivity contribution < 1.29 is 4.79 Å². The maximum absolute atomic E-state index is 12.7. The molecule has 3 aromatic rings. The highest BCUT2D eigenvalue weighted by Gasteiger charge is 2.30. The second kappa shape index (κ2) is 7.51. The minimum atomic E-state index is -0.0686. The fraction of sp³-hybridized carbons (Fsp3) is 0.409. The van der Waals surface area contributed by atoms with Gasteiger partial charge in [-0.2, -0.15) is 5.10 Å². The number of carbonyl (C=O) groups excluding carboxylic acids is 1. The molecule has 0 spiro atoms. The van der Waals surface area contributed by atoms with Crippen LogP contribution in [0.25, 0.3) is 0 Å². The van der Waals surface area contributed by atoms with Crippen LogP contribution >= 0.6 is 11.3 Å². The summed E-state index contributed by atoms with van der Waals surface area (Å²) in [5.41, 5.74) is 2.78. The van der Waals surface area contributed by atoms with Crippen molar-refractivity contribution >= 4 is 23.1 Å². The first-order valence-corrected chi connectivity index (χ1v) is 10.6. The molecular weight excluding hydrogens is 368 g/mol. The molecule has 0 bridgehead atoms. The van der Waals surface area contributed by atoms with Gasteiger partial charge in [0.05, 0.1) is 11.4 Å². The normalized spacial score (nSPS) is 16.6. The van der Waals surface area contributed by atoms with Gasteiger partial charge < -0.3 is 5.32 Å². The summed E-state index contributed by atoms with van der Waals surface area (Å²) in [6.45, 7) is 7.58. The highest BCUT2D eigenvalue weighted by molar-refractivity contribution is 7.14. The van der Waals surface area contributed by atoms with E-state index in [0.717, 1.165) is 23.3 Å². The SMILES string of the molecule is CC(C)(C)C1CCc2sc(C(=O)Nc3ccn(Cc4ccncc4)n3)cc2C1. The molecule has 5 nitrogen and oxygen atoms in total. The largest absolute Gasteiger partial charge is 0.304 e. The van der Waals surface area contributed by atoms with E-state index >= 15 is 0 Å². The van der Waals surface area contributed by atoms with Gasteiger partial charge in [0.15, 0.2) is 5.82 Å². The van der Waals surface area contributed by atoms with Gasteiger partial charge in [0.25, 0.3) is 5.91 Å². The molecule has 0 aromatic carbocycles. The van der Waals surface area contributed by atoms with E-state index in [4.69, 9.17) is 0 Å². The molecule has 1 atom stereocenters. The predicted molar refractivity (Wildman–Crippen MR) is 113 cm³/mol. The Morgan fingerprint density at radius 1 is 1.29 bits per heavy atom. The number of nitrogens with zero attached hydrogens (tertiary/aromatic N) is 3. The molecule has 0 saturated carbocycles. The Hall–Kier alpha value is -2.47. The molecule has 0 radical (unpaired) electrons. The molecule has 6 heteroatoms. The second-order valence-electron chi connectivity index (χ2n) is 8.57. The molecule has 0 saturated heterocycles. The van der Waals surface area contributed by atoms with Gasteiger partial charge in [-0.05, 0) is 59.9 Å². The molecule has 3 heterocycles. The number of thiophene rings is 1. The molecule has 1 aliphatic carbocycles. The van der Waals surface area contributed by atoms with Gasteiger partial charge in [-0.15, -0.1) is 11.3 Å². The fourth-order valence-corrected chi connectivity index (χ4v) is 4.85. The highest BCUT2D eigenvalue weighted by Crippen LogP contribution is 2.40. The summed E-state index contributed by atoms with van der Waals surface area (Å²) in [4.78, 5) is 18.9. The van der Waals surface area contributed by atoms with Gasteiger partial charge in [-0.3, -0.25) is 14.5 Å². The summed E-state index contributed by atoms with van der Waals surface area (Å²) < 4.78 is 1.82. The second-order valence-corrected chi connectivity index (χ2v) is 9.71. The van der Waals surface area contributed by atoms with E-state index in [1.807, 2.05) is 29.1 Å². The number of hydrogen-bond acceptors (Lipinski definition) is 4. The minimum absolute atomic E-state index is 0.0686. The first kappa shape index (κ1) is 18.9. The standard InChI is InChI=1S/C22H26N4OS/c1-22(2,3)17-4-5-18-16(12-17)13-19(28-18)21(27)24-20-8-11-26(25-20)14-15-6-9-23-10-7-15/h6-11,13,17H,4-5,12,14H2,1-3H3,(H,24,25,27). The van der Waals surface area contributed by atoms with E-state index in [1.54, 1.807) is 23.7 Å². The highest BCUT2D eigenvalue weighted by atomic mass is 32.1. The average Bonchev–Trinajstić information content (AvgIpc) is 3.28. The third-order valence-corrected chi connectivity index (χ3v) is 6.74. The van der Waals surface area contributed by atoms with Crippen molar-refractivity contribution in [3.05, 3.63) is 63.7 Å². The molecule has 4 rings (SSSR count). The van der Waals surface area contributed by atoms with Crippen molar-refractivity contribution in [1.82, 2.24) is 14.8 Å². The van der Waals surface area contributed by atoms with Gasteiger partial charge in [0.1, 0.15) is 0 Å². The van der Waals surface area contributed by atoms with Crippen molar-refractivity contribution in [3.8, 4) is 0 Å². The summed E-state index contributed by atoms with van der Waals surface area (Å²) >= 11 is 1.63. The summed E-state index contributed by atoms with van der Waals surface area (Å²) in [6, 6.07) is 7.84. The molecule has 1 N–H and O–H groups in total. The molecule has 146 valence electrons. The number of nitrogens with one attached hydrogen (secondary N) is 1. The van der Waals surface area contributed by atoms with Gasteiger partial charge in [-0.25, -0.2) is 0 Å². The van der Waals surface area contributed by atoms with Crippen LogP contribution in [0.15, 0.2) is 42.9 Å². The molecule has 0 fully saturated rings. The van der Waals surface area contributed by atoms with E-state index in [9.17, 15) is 4.79 Å². The van der Waals surface area contributed by atoms with Crippen LogP contribution < -0.4 is 5.32 Å². The molecule has 1 aliphatic rings. The number of carbonyl (C=O) groups is 1. The maximum atomic E-state index is 12.7. The van der Waals surface area contributed by atoms with E-state index in [0.29, 0.717) is 23.7 Å². The lowest BCUT2D eigenvalue weighted by Crippen LogP contribution is -2.26. The Balaban J connectivity index is 1.42. The van der Waals surface area contributed by atoms with Crippen LogP contribution in [-0.2, 0) is 19.4 Å². The zero-order chi connectivity index (χ0) is 19.7. The Morgan fingerprint density at radius 2 is 2.07 bits per heavy atom. The lowest BCUT2D eigenvalue weighted by molar-refractivity contribution is 0.103. The van der Waals surface area contributed by atoms with Gasteiger partial charge in [0.2, 0.25) is 0 Å². The summed E-state index contributed by atoms with van der Waals surface area (Å²) in [5.74, 6) is 1.19. The van der Waals surface area contributed by atoms with E-state index < -0.39 is 0 Å². The van der Waals surface area contributed by atoms with Crippen LogP contribution in [0.2, 0.25) is 0 Å². The van der Waals surface area contributed by atoms with Gasteiger partial charge >= 0.3 is 0 Å². The number of aromatic nitrogens is 3. The van der Waals surface area contributed by atoms with Crippen molar-refractivity contribution in [3.63, 3.8) is 0 Å². The molecule has 28 heavy (non-hydrogen) atoms. The molecule has 3 aromatic heterocycles. The summed E-state index contributed by atoms with van der Waals surface area (Å²) in [5, 5.41) is 7.41. The number of fused-ring (bicyclic) bond motifs is 1. The number of hydrogen-bond donors (Lipinski definition) is 1. The van der Waals surface area contributed by atoms with E-state index in [2.05, 4.69) is 42.2 Å². The quantitative estimate of drug-likeness (QED) is 0.692. The Kier molecular flexibility index (Phi) is 5.06. The zero-order valence-corrected chi connectivity index (χ0v) is 17.4. The Bertz CT molecular complexity index is 968. The number of rotatable bonds is 4. The number of aryl methyl sites for hydroxylation is 1. The van der Waals surface area contributed by atoms with E-state index in [-0.39, 0.29) is 5.91 Å². The van der Waals surface area contributed by atoms with Crippen molar-refractivity contribution in [1.29, 1.82) is 0 Å². The van der Waals surface area contributed by atoms with Crippen LogP contribution in [0.3, 0.4) is 0 Å². The first-order chi connectivity index (χ1) is 13.4. The van der Waals surface area contributed by atoms with Crippen LogP contribution in [0.5, 0.6) is 0 Å². The van der Waals surface area contributed by atoms with Crippen LogP contribution in [0.4, 0.5) is 5.82 Å². The first-order valence-electron chi connectivity index (χ1n) is 9.74. The van der Waals surface area contributed by atoms with Crippen LogP contribution in [-0.4, -0.2) is 20.7 Å². The monoisotopic (exact) mass is 394 g/mol. The van der Waals surface area contributed by atoms with Gasteiger partial charge in [-0.1, -0.05) is 20.8 Å². The Labute approximate surface area is 169 Å². The lowest BCUT2D eigenvalue weighted by atomic mass is 9.72. The summed E-state index contributed by atoms with van der Waals surface area (Å²) in [6.07, 6.45) is 8.77. The zero-order valence-electron chi connectivity index (χ0n) is 16.6. The van der Waals surface area contributed by atoms with Crippen LogP contribution in [0, 0.1) is 11.3 Å². The number of pyridine rings is 1. The number of anilines is 1. The van der Waals surface area contributed by atoms with Crippen molar-refractivity contribution in [2.75, 3.05) is 5.32 Å².